The van der Waals surface area contributed by atoms with Gasteiger partial charge in [-0.3, -0.25) is 0 Å². The molecular formula is C13H24NO2SSi+. The zero-order valence-corrected chi connectivity index (χ0v) is 13.4. The molecule has 0 amide bonds. The summed E-state index contributed by atoms with van der Waals surface area (Å²) < 4.78 is 11.6. The Bertz CT molecular complexity index is 358. The van der Waals surface area contributed by atoms with Crippen molar-refractivity contribution in [3.05, 3.63) is 16.6 Å². The van der Waals surface area contributed by atoms with E-state index < -0.39 is 8.07 Å². The molecule has 1 aromatic rings. The van der Waals surface area contributed by atoms with Crippen LogP contribution in [0.3, 0.4) is 0 Å². The summed E-state index contributed by atoms with van der Waals surface area (Å²) in [5, 5.41) is 3.31. The van der Waals surface area contributed by atoms with Crippen molar-refractivity contribution >= 4 is 19.4 Å². The van der Waals surface area contributed by atoms with Crippen molar-refractivity contribution in [3.63, 3.8) is 0 Å². The number of thiazole rings is 1. The lowest BCUT2D eigenvalue weighted by atomic mass is 9.80. The van der Waals surface area contributed by atoms with Crippen LogP contribution in [-0.2, 0) is 15.1 Å². The molecule has 1 fully saturated rings. The molecule has 1 aliphatic rings. The van der Waals surface area contributed by atoms with E-state index in [0.29, 0.717) is 6.79 Å². The fourth-order valence-corrected chi connectivity index (χ4v) is 3.65. The Balaban J connectivity index is 1.72. The summed E-state index contributed by atoms with van der Waals surface area (Å²) in [6.45, 7) is 8.36. The standard InChI is InChI=1S/C13H23NO2SSi/c1-18(2,3)10-8-15-11-16-13(5-4-6-13)12-14-7-9-17-12/h7,9H,4-6,8,10-11H2,1-3H3/p+1. The highest BCUT2D eigenvalue weighted by Crippen LogP contribution is 2.44. The van der Waals surface area contributed by atoms with Crippen LogP contribution in [0.2, 0.25) is 25.7 Å². The Morgan fingerprint density at radius 1 is 1.39 bits per heavy atom. The van der Waals surface area contributed by atoms with E-state index in [1.165, 1.54) is 17.5 Å². The maximum Gasteiger partial charge on any atom is 0.268 e. The summed E-state index contributed by atoms with van der Waals surface area (Å²) in [5.74, 6) is 0. The first kappa shape index (κ1) is 14.2. The predicted molar refractivity (Wildman–Crippen MR) is 76.5 cm³/mol. The minimum Gasteiger partial charge on any atom is -0.356 e. The van der Waals surface area contributed by atoms with Gasteiger partial charge in [-0.2, -0.15) is 0 Å². The molecule has 3 nitrogen and oxygen atoms in total. The smallest absolute Gasteiger partial charge is 0.268 e. The van der Waals surface area contributed by atoms with Crippen LogP contribution in [0.25, 0.3) is 0 Å². The van der Waals surface area contributed by atoms with Gasteiger partial charge in [0.05, 0.1) is 5.38 Å². The molecular weight excluding hydrogens is 262 g/mol. The first-order valence-corrected chi connectivity index (χ1v) is 11.3. The van der Waals surface area contributed by atoms with Gasteiger partial charge in [-0.25, -0.2) is 4.98 Å². The third kappa shape index (κ3) is 3.63. The Morgan fingerprint density at radius 3 is 2.67 bits per heavy atom. The van der Waals surface area contributed by atoms with Gasteiger partial charge >= 0.3 is 0 Å². The fourth-order valence-electron chi connectivity index (χ4n) is 2.01. The van der Waals surface area contributed by atoms with Gasteiger partial charge in [-0.1, -0.05) is 31.0 Å². The van der Waals surface area contributed by atoms with Crippen LogP contribution in [0.5, 0.6) is 0 Å². The van der Waals surface area contributed by atoms with Crippen molar-refractivity contribution in [1.82, 2.24) is 0 Å². The first-order chi connectivity index (χ1) is 8.52. The summed E-state index contributed by atoms with van der Waals surface area (Å²) in [5.41, 5.74) is -0.0761. The van der Waals surface area contributed by atoms with Crippen LogP contribution in [0, 0.1) is 0 Å². The number of nitrogens with one attached hydrogen (secondary N) is 1. The van der Waals surface area contributed by atoms with Crippen LogP contribution in [0.1, 0.15) is 24.3 Å². The number of rotatable bonds is 7. The third-order valence-corrected chi connectivity index (χ3v) is 6.16. The topological polar surface area (TPSA) is 32.6 Å². The van der Waals surface area contributed by atoms with E-state index in [-0.39, 0.29) is 5.60 Å². The molecule has 0 bridgehead atoms. The first-order valence-electron chi connectivity index (χ1n) is 6.69. The van der Waals surface area contributed by atoms with Gasteiger partial charge in [0.2, 0.25) is 0 Å². The van der Waals surface area contributed by atoms with E-state index in [0.717, 1.165) is 19.4 Å². The molecule has 0 unspecified atom stereocenters. The van der Waals surface area contributed by atoms with Gasteiger partial charge in [-0.15, -0.1) is 0 Å². The van der Waals surface area contributed by atoms with Crippen molar-refractivity contribution in [3.8, 4) is 0 Å². The lowest BCUT2D eigenvalue weighted by Crippen LogP contribution is -2.41. The Kier molecular flexibility index (Phi) is 4.58. The second kappa shape index (κ2) is 5.82. The van der Waals surface area contributed by atoms with Crippen LogP contribution in [0.4, 0.5) is 0 Å². The van der Waals surface area contributed by atoms with Crippen LogP contribution < -0.4 is 4.98 Å². The highest BCUT2D eigenvalue weighted by atomic mass is 32.1. The van der Waals surface area contributed by atoms with Crippen molar-refractivity contribution in [1.29, 1.82) is 0 Å². The Labute approximate surface area is 115 Å². The predicted octanol–water partition coefficient (Wildman–Crippen LogP) is 3.27. The molecule has 0 saturated heterocycles. The molecule has 5 heteroatoms. The average molecular weight is 286 g/mol. The molecule has 1 heterocycles. The zero-order valence-electron chi connectivity index (χ0n) is 11.6. The molecule has 102 valence electrons. The normalized spacial score (nSPS) is 18.6. The maximum absolute atomic E-state index is 6.00. The SMILES string of the molecule is C[Si](C)(C)CCOCOC1(c2[nH+]ccs2)CCC1. The summed E-state index contributed by atoms with van der Waals surface area (Å²) >= 11 is 1.74. The van der Waals surface area contributed by atoms with Gasteiger partial charge in [0.1, 0.15) is 6.79 Å². The highest BCUT2D eigenvalue weighted by Gasteiger charge is 2.46. The van der Waals surface area contributed by atoms with E-state index >= 15 is 0 Å². The molecule has 0 aliphatic heterocycles. The van der Waals surface area contributed by atoms with E-state index in [9.17, 15) is 0 Å². The highest BCUT2D eigenvalue weighted by molar-refractivity contribution is 7.09. The molecule has 0 radical (unpaired) electrons. The molecule has 0 aromatic carbocycles. The van der Waals surface area contributed by atoms with Crippen molar-refractivity contribution in [2.24, 2.45) is 0 Å². The summed E-state index contributed by atoms with van der Waals surface area (Å²) in [6, 6.07) is 1.20. The van der Waals surface area contributed by atoms with E-state index in [1.54, 1.807) is 11.3 Å². The van der Waals surface area contributed by atoms with Crippen molar-refractivity contribution in [2.45, 2.75) is 50.5 Å². The zero-order chi connectivity index (χ0) is 13.1. The molecule has 1 N–H and O–H groups in total. The number of aromatic amines is 1. The summed E-state index contributed by atoms with van der Waals surface area (Å²) in [6.07, 6.45) is 5.46. The Hall–Kier alpha value is -0.233. The minimum atomic E-state index is -0.985. The second-order valence-electron chi connectivity index (χ2n) is 6.22. The minimum absolute atomic E-state index is 0.0761. The fraction of sp³-hybridized carbons (Fsp3) is 0.769. The molecule has 0 atom stereocenters. The molecule has 2 rings (SSSR count). The summed E-state index contributed by atoms with van der Waals surface area (Å²) in [7, 11) is -0.985. The van der Waals surface area contributed by atoms with Crippen molar-refractivity contribution < 1.29 is 14.5 Å². The molecule has 18 heavy (non-hydrogen) atoms. The summed E-state index contributed by atoms with van der Waals surface area (Å²) in [4.78, 5) is 3.29. The molecule has 1 aromatic heterocycles. The lowest BCUT2D eigenvalue weighted by molar-refractivity contribution is -0.410. The Morgan fingerprint density at radius 2 is 2.17 bits per heavy atom. The van der Waals surface area contributed by atoms with Gasteiger partial charge in [-0.05, 0) is 25.3 Å². The monoisotopic (exact) mass is 286 g/mol. The maximum atomic E-state index is 6.00. The largest absolute Gasteiger partial charge is 0.356 e. The van der Waals surface area contributed by atoms with Crippen LogP contribution in [0.15, 0.2) is 11.6 Å². The quantitative estimate of drug-likeness (QED) is 0.438. The average Bonchev–Trinajstić information content (AvgIpc) is 2.72. The van der Waals surface area contributed by atoms with E-state index in [1.807, 2.05) is 6.20 Å². The van der Waals surface area contributed by atoms with Crippen molar-refractivity contribution in [2.75, 3.05) is 13.4 Å². The van der Waals surface area contributed by atoms with E-state index in [4.69, 9.17) is 9.47 Å². The van der Waals surface area contributed by atoms with E-state index in [2.05, 4.69) is 30.0 Å². The lowest BCUT2D eigenvalue weighted by Gasteiger charge is -2.36. The number of hydrogen-bond acceptors (Lipinski definition) is 3. The molecule has 0 spiro atoms. The number of ether oxygens (including phenoxy) is 2. The third-order valence-electron chi connectivity index (χ3n) is 3.46. The van der Waals surface area contributed by atoms with Crippen LogP contribution in [-0.4, -0.2) is 21.5 Å². The molecule has 1 saturated carbocycles. The second-order valence-corrected chi connectivity index (χ2v) is 12.8. The molecule has 1 aliphatic carbocycles. The number of H-pyrrole nitrogens is 1. The van der Waals surface area contributed by atoms with Crippen LogP contribution >= 0.6 is 11.3 Å². The number of hydrogen-bond donors (Lipinski definition) is 0. The van der Waals surface area contributed by atoms with Gasteiger partial charge < -0.3 is 9.47 Å². The van der Waals surface area contributed by atoms with Gasteiger partial charge in [0, 0.05) is 14.7 Å². The van der Waals surface area contributed by atoms with Gasteiger partial charge in [0.25, 0.3) is 5.01 Å². The van der Waals surface area contributed by atoms with Gasteiger partial charge in [0.15, 0.2) is 11.8 Å². The number of aromatic nitrogens is 1.